The van der Waals surface area contributed by atoms with E-state index in [0.717, 1.165) is 0 Å². The fourth-order valence-electron chi connectivity index (χ4n) is 3.94. The van der Waals surface area contributed by atoms with Crippen LogP contribution in [0.2, 0.25) is 0 Å². The van der Waals surface area contributed by atoms with Crippen molar-refractivity contribution >= 4 is 23.4 Å². The van der Waals surface area contributed by atoms with E-state index in [1.54, 1.807) is 62.4 Å². The van der Waals surface area contributed by atoms with Gasteiger partial charge in [0.1, 0.15) is 5.75 Å². The number of allylic oxidation sites excluding steroid dienone is 1. The minimum atomic E-state index is -0.749. The summed E-state index contributed by atoms with van der Waals surface area (Å²) in [6.45, 7) is 3.76. The monoisotopic (exact) mass is 464 g/mol. The number of aromatic nitrogens is 1. The highest BCUT2D eigenvalue weighted by molar-refractivity contribution is 7.07. The highest BCUT2D eigenvalue weighted by Crippen LogP contribution is 2.38. The smallest absolute Gasteiger partial charge is 0.338 e. The zero-order valence-electron chi connectivity index (χ0n) is 17.9. The first-order valence-corrected chi connectivity index (χ1v) is 11.2. The first kappa shape index (κ1) is 21.0. The summed E-state index contributed by atoms with van der Waals surface area (Å²) in [4.78, 5) is 31.5. The zero-order chi connectivity index (χ0) is 23.1. The van der Waals surface area contributed by atoms with Gasteiger partial charge in [-0.15, -0.1) is 0 Å². The maximum atomic E-state index is 13.5. The molecule has 0 saturated heterocycles. The molecule has 2 aromatic carbocycles. The summed E-state index contributed by atoms with van der Waals surface area (Å²) in [7, 11) is 0. The van der Waals surface area contributed by atoms with Crippen molar-refractivity contribution in [2.75, 3.05) is 13.4 Å². The van der Waals surface area contributed by atoms with Gasteiger partial charge in [0.25, 0.3) is 5.56 Å². The lowest BCUT2D eigenvalue weighted by molar-refractivity contribution is -0.139. The number of nitrogens with zero attached hydrogens (tertiary/aromatic N) is 2. The molecule has 1 N–H and O–H groups in total. The number of esters is 1. The van der Waals surface area contributed by atoms with Crippen LogP contribution in [-0.4, -0.2) is 29.0 Å². The van der Waals surface area contributed by atoms with Crippen LogP contribution in [0.5, 0.6) is 17.2 Å². The number of thiazole rings is 1. The van der Waals surface area contributed by atoms with Gasteiger partial charge in [-0.1, -0.05) is 35.6 Å². The third-order valence-electron chi connectivity index (χ3n) is 5.45. The Morgan fingerprint density at radius 2 is 2.06 bits per heavy atom. The maximum Gasteiger partial charge on any atom is 0.338 e. The second kappa shape index (κ2) is 8.25. The van der Waals surface area contributed by atoms with E-state index in [0.29, 0.717) is 37.7 Å². The fourth-order valence-corrected chi connectivity index (χ4v) is 4.98. The van der Waals surface area contributed by atoms with Crippen LogP contribution in [0.4, 0.5) is 0 Å². The van der Waals surface area contributed by atoms with Gasteiger partial charge in [-0.3, -0.25) is 9.36 Å². The average molecular weight is 464 g/mol. The van der Waals surface area contributed by atoms with Crippen molar-refractivity contribution in [1.29, 1.82) is 0 Å². The second-order valence-electron chi connectivity index (χ2n) is 7.47. The van der Waals surface area contributed by atoms with E-state index in [-0.39, 0.29) is 30.3 Å². The normalized spacial score (nSPS) is 17.0. The summed E-state index contributed by atoms with van der Waals surface area (Å²) in [5.41, 5.74) is 1.64. The molecule has 0 aliphatic carbocycles. The standard InChI is InChI=1S/C24H20N2O6S/c1-3-30-23(29)20-13(2)25-24-26(21(20)15-8-9-17-18(10-15)32-12-31-17)22(28)19(33-24)11-14-6-4-5-7-16(14)27/h4-11,21,27H,3,12H2,1-2H3/t21-/m1/s1. The van der Waals surface area contributed by atoms with Crippen LogP contribution in [0.15, 0.2) is 63.5 Å². The Balaban J connectivity index is 1.74. The molecule has 3 aromatic rings. The summed E-state index contributed by atoms with van der Waals surface area (Å²) >= 11 is 1.20. The van der Waals surface area contributed by atoms with Gasteiger partial charge in [0.2, 0.25) is 6.79 Å². The van der Waals surface area contributed by atoms with Gasteiger partial charge in [0.05, 0.1) is 28.5 Å². The Morgan fingerprint density at radius 3 is 2.85 bits per heavy atom. The van der Waals surface area contributed by atoms with Gasteiger partial charge in [0.15, 0.2) is 16.3 Å². The molecule has 0 spiro atoms. The molecule has 0 saturated carbocycles. The van der Waals surface area contributed by atoms with Crippen LogP contribution >= 0.6 is 11.3 Å². The summed E-state index contributed by atoms with van der Waals surface area (Å²) < 4.78 is 18.1. The predicted octanol–water partition coefficient (Wildman–Crippen LogP) is 2.23. The van der Waals surface area contributed by atoms with Crippen molar-refractivity contribution in [3.05, 3.63) is 84.5 Å². The molecule has 0 bridgehead atoms. The molecule has 8 nitrogen and oxygen atoms in total. The SMILES string of the molecule is CCOC(=O)C1=C(C)N=c2sc(=Cc3ccccc3O)c(=O)n2[C@@H]1c1ccc2c(c1)OCO2. The Hall–Kier alpha value is -3.85. The molecule has 33 heavy (non-hydrogen) atoms. The average Bonchev–Trinajstić information content (AvgIpc) is 3.38. The van der Waals surface area contributed by atoms with Gasteiger partial charge < -0.3 is 19.3 Å². The number of carbonyl (C=O) groups is 1. The first-order valence-electron chi connectivity index (χ1n) is 10.3. The number of hydrogen-bond donors (Lipinski definition) is 1. The van der Waals surface area contributed by atoms with Crippen molar-refractivity contribution in [2.45, 2.75) is 19.9 Å². The highest BCUT2D eigenvalue weighted by atomic mass is 32.1. The molecule has 1 atom stereocenters. The van der Waals surface area contributed by atoms with Crippen LogP contribution in [0.1, 0.15) is 31.0 Å². The number of benzene rings is 2. The number of phenols is 1. The molecule has 2 aliphatic rings. The van der Waals surface area contributed by atoms with E-state index in [4.69, 9.17) is 14.2 Å². The largest absolute Gasteiger partial charge is 0.507 e. The van der Waals surface area contributed by atoms with Crippen LogP contribution in [0.25, 0.3) is 6.08 Å². The van der Waals surface area contributed by atoms with Gasteiger partial charge in [-0.05, 0) is 43.7 Å². The second-order valence-corrected chi connectivity index (χ2v) is 8.48. The number of fused-ring (bicyclic) bond motifs is 2. The predicted molar refractivity (Wildman–Crippen MR) is 121 cm³/mol. The lowest BCUT2D eigenvalue weighted by Crippen LogP contribution is -2.39. The van der Waals surface area contributed by atoms with Gasteiger partial charge in [0, 0.05) is 5.56 Å². The van der Waals surface area contributed by atoms with E-state index >= 15 is 0 Å². The molecule has 2 aliphatic heterocycles. The minimum Gasteiger partial charge on any atom is -0.507 e. The van der Waals surface area contributed by atoms with Gasteiger partial charge >= 0.3 is 5.97 Å². The molecule has 0 amide bonds. The number of carbonyl (C=O) groups excluding carboxylic acids is 1. The third kappa shape index (κ3) is 3.60. The van der Waals surface area contributed by atoms with Crippen LogP contribution in [0.3, 0.4) is 0 Å². The number of phenolic OH excluding ortho intramolecular Hbond substituents is 1. The molecular weight excluding hydrogens is 444 g/mol. The summed E-state index contributed by atoms with van der Waals surface area (Å²) in [6, 6.07) is 11.3. The molecule has 3 heterocycles. The molecule has 1 aromatic heterocycles. The summed E-state index contributed by atoms with van der Waals surface area (Å²) in [5.74, 6) is 0.682. The Morgan fingerprint density at radius 1 is 1.27 bits per heavy atom. The number of ether oxygens (including phenoxy) is 3. The summed E-state index contributed by atoms with van der Waals surface area (Å²) in [6.07, 6.45) is 1.62. The molecule has 9 heteroatoms. The first-order chi connectivity index (χ1) is 16.0. The lowest BCUT2D eigenvalue weighted by atomic mass is 9.95. The number of para-hydroxylation sites is 1. The van der Waals surface area contributed by atoms with Crippen LogP contribution in [-0.2, 0) is 9.53 Å². The fraction of sp³-hybridized carbons (Fsp3) is 0.208. The minimum absolute atomic E-state index is 0.0686. The van der Waals surface area contributed by atoms with E-state index in [2.05, 4.69) is 4.99 Å². The number of hydrogen-bond acceptors (Lipinski definition) is 8. The van der Waals surface area contributed by atoms with E-state index in [1.165, 1.54) is 15.9 Å². The van der Waals surface area contributed by atoms with Crippen molar-refractivity contribution in [2.24, 2.45) is 4.99 Å². The lowest BCUT2D eigenvalue weighted by Gasteiger charge is -2.24. The van der Waals surface area contributed by atoms with E-state index in [1.807, 2.05) is 0 Å². The number of aromatic hydroxyl groups is 1. The van der Waals surface area contributed by atoms with E-state index < -0.39 is 12.0 Å². The molecule has 168 valence electrons. The number of rotatable bonds is 4. The van der Waals surface area contributed by atoms with Crippen molar-refractivity contribution < 1.29 is 24.1 Å². The van der Waals surface area contributed by atoms with Crippen LogP contribution in [0, 0.1) is 0 Å². The van der Waals surface area contributed by atoms with Crippen LogP contribution < -0.4 is 24.4 Å². The van der Waals surface area contributed by atoms with Crippen molar-refractivity contribution in [3.63, 3.8) is 0 Å². The maximum absolute atomic E-state index is 13.5. The van der Waals surface area contributed by atoms with Crippen molar-refractivity contribution in [3.8, 4) is 17.2 Å². The highest BCUT2D eigenvalue weighted by Gasteiger charge is 2.34. The Bertz CT molecular complexity index is 1480. The molecule has 0 radical (unpaired) electrons. The summed E-state index contributed by atoms with van der Waals surface area (Å²) in [5, 5.41) is 10.1. The zero-order valence-corrected chi connectivity index (χ0v) is 18.7. The third-order valence-corrected chi connectivity index (χ3v) is 6.44. The molecule has 5 rings (SSSR count). The molecule has 0 fully saturated rings. The Labute approximate surface area is 192 Å². The molecular formula is C24H20N2O6S. The molecule has 0 unspecified atom stereocenters. The van der Waals surface area contributed by atoms with Gasteiger partial charge in [-0.25, -0.2) is 9.79 Å². The van der Waals surface area contributed by atoms with Crippen molar-refractivity contribution in [1.82, 2.24) is 4.57 Å². The topological polar surface area (TPSA) is 99.4 Å². The quantitative estimate of drug-likeness (QED) is 0.595. The van der Waals surface area contributed by atoms with E-state index in [9.17, 15) is 14.7 Å². The Kier molecular flexibility index (Phi) is 5.26. The van der Waals surface area contributed by atoms with Gasteiger partial charge in [-0.2, -0.15) is 0 Å².